The molecule has 8 nitrogen and oxygen atoms in total. The van der Waals surface area contributed by atoms with Gasteiger partial charge in [0.1, 0.15) is 12.2 Å². The summed E-state index contributed by atoms with van der Waals surface area (Å²) >= 11 is 0. The quantitative estimate of drug-likeness (QED) is 0.279. The lowest BCUT2D eigenvalue weighted by atomic mass is 9.87. The third-order valence-electron chi connectivity index (χ3n) is 5.85. The fourth-order valence-corrected chi connectivity index (χ4v) is 4.21. The van der Waals surface area contributed by atoms with Gasteiger partial charge in [0.25, 0.3) is 0 Å². The molecule has 0 bridgehead atoms. The van der Waals surface area contributed by atoms with E-state index in [1.165, 1.54) is 19.9 Å². The van der Waals surface area contributed by atoms with Crippen molar-refractivity contribution in [1.29, 1.82) is 0 Å². The first-order valence-corrected chi connectivity index (χ1v) is 11.6. The standard InChI is InChI=1S/C27H32N2O6/c1-17-9-10-18(2)24-14-26(35-27(32)12-11-21-15-29(5)16-28-21)25(34-20(4)31)8-6-7-22(13-23(17)24)33-19(3)30/h6,8-12,15-16,22,25-26H,7,13-14H2,1-5H3/b8-6-,12-11+. The van der Waals surface area contributed by atoms with Crippen LogP contribution in [0.15, 0.2) is 42.9 Å². The van der Waals surface area contributed by atoms with Crippen LogP contribution in [0.25, 0.3) is 6.08 Å². The SMILES string of the molecule is CC(=O)OC1C/C=C\C(OC(C)=O)C(OC(=O)/C=C/c2cn(C)cn2)Cc2c(C)ccc(C)c2C1. The number of carbonyl (C=O) groups excluding carboxylic acids is 3. The Labute approximate surface area is 205 Å². The number of imidazole rings is 1. The average Bonchev–Trinajstić information content (AvgIpc) is 3.19. The van der Waals surface area contributed by atoms with Crippen molar-refractivity contribution in [3.8, 4) is 0 Å². The Kier molecular flexibility index (Phi) is 8.63. The first-order chi connectivity index (χ1) is 16.6. The first kappa shape index (κ1) is 25.9. The van der Waals surface area contributed by atoms with E-state index < -0.39 is 24.1 Å². The maximum Gasteiger partial charge on any atom is 0.331 e. The molecular formula is C27H32N2O6. The second kappa shape index (κ2) is 11.6. The lowest BCUT2D eigenvalue weighted by Gasteiger charge is -2.28. The van der Waals surface area contributed by atoms with Crippen LogP contribution >= 0.6 is 0 Å². The topological polar surface area (TPSA) is 96.7 Å². The third-order valence-corrected chi connectivity index (χ3v) is 5.85. The van der Waals surface area contributed by atoms with Gasteiger partial charge in [-0.05, 0) is 48.3 Å². The molecule has 35 heavy (non-hydrogen) atoms. The summed E-state index contributed by atoms with van der Waals surface area (Å²) in [6.07, 6.45) is 9.21. The van der Waals surface area contributed by atoms with Crippen molar-refractivity contribution in [3.63, 3.8) is 0 Å². The minimum absolute atomic E-state index is 0.334. The van der Waals surface area contributed by atoms with Crippen LogP contribution in [0.4, 0.5) is 0 Å². The average molecular weight is 481 g/mol. The summed E-state index contributed by atoms with van der Waals surface area (Å²) in [5.74, 6) is -1.40. The van der Waals surface area contributed by atoms with Gasteiger partial charge in [0.2, 0.25) is 0 Å². The number of nitrogens with zero attached hydrogens (tertiary/aromatic N) is 2. The van der Waals surface area contributed by atoms with Gasteiger partial charge in [0, 0.05) is 52.4 Å². The maximum atomic E-state index is 12.7. The van der Waals surface area contributed by atoms with E-state index in [-0.39, 0.29) is 12.1 Å². The Bertz CT molecular complexity index is 1150. The van der Waals surface area contributed by atoms with Crippen molar-refractivity contribution in [2.75, 3.05) is 0 Å². The molecule has 8 heteroatoms. The second-order valence-corrected chi connectivity index (χ2v) is 8.81. The predicted octanol–water partition coefficient (Wildman–Crippen LogP) is 3.57. The summed E-state index contributed by atoms with van der Waals surface area (Å²) in [5, 5.41) is 0. The summed E-state index contributed by atoms with van der Waals surface area (Å²) < 4.78 is 18.7. The Balaban J connectivity index is 1.96. The Morgan fingerprint density at radius 1 is 1.00 bits per heavy atom. The van der Waals surface area contributed by atoms with Crippen LogP contribution in [-0.4, -0.2) is 45.8 Å². The molecule has 2 aromatic rings. The van der Waals surface area contributed by atoms with Crippen LogP contribution in [0.5, 0.6) is 0 Å². The Hall–Kier alpha value is -3.68. The van der Waals surface area contributed by atoms with E-state index in [1.807, 2.05) is 39.1 Å². The van der Waals surface area contributed by atoms with Crippen molar-refractivity contribution < 1.29 is 28.6 Å². The summed E-state index contributed by atoms with van der Waals surface area (Å²) in [7, 11) is 1.84. The zero-order valence-electron chi connectivity index (χ0n) is 20.8. The number of hydrogen-bond acceptors (Lipinski definition) is 7. The van der Waals surface area contributed by atoms with E-state index in [2.05, 4.69) is 4.98 Å². The first-order valence-electron chi connectivity index (χ1n) is 11.6. The normalized spacial score (nSPS) is 21.1. The third kappa shape index (κ3) is 7.40. The van der Waals surface area contributed by atoms with E-state index in [1.54, 1.807) is 29.2 Å². The molecule has 1 aromatic heterocycles. The molecule has 0 spiro atoms. The molecule has 1 heterocycles. The highest BCUT2D eigenvalue weighted by molar-refractivity contribution is 5.86. The van der Waals surface area contributed by atoms with Crippen LogP contribution in [0.2, 0.25) is 0 Å². The van der Waals surface area contributed by atoms with Gasteiger partial charge in [-0.1, -0.05) is 18.2 Å². The smallest absolute Gasteiger partial charge is 0.331 e. The number of esters is 3. The molecule has 3 rings (SSSR count). The summed E-state index contributed by atoms with van der Waals surface area (Å²) in [4.78, 5) is 40.5. The molecule has 0 amide bonds. The highest BCUT2D eigenvalue weighted by atomic mass is 16.6. The van der Waals surface area contributed by atoms with Gasteiger partial charge in [0.05, 0.1) is 12.0 Å². The minimum atomic E-state index is -0.802. The zero-order chi connectivity index (χ0) is 25.5. The van der Waals surface area contributed by atoms with Gasteiger partial charge in [-0.25, -0.2) is 9.78 Å². The summed E-state index contributed by atoms with van der Waals surface area (Å²) in [6, 6.07) is 4.04. The molecule has 0 saturated carbocycles. The number of ether oxygens (including phenoxy) is 3. The number of hydrogen-bond donors (Lipinski definition) is 0. The molecule has 0 radical (unpaired) electrons. The zero-order valence-corrected chi connectivity index (χ0v) is 20.8. The molecule has 0 N–H and O–H groups in total. The fourth-order valence-electron chi connectivity index (χ4n) is 4.21. The van der Waals surface area contributed by atoms with Crippen LogP contribution in [-0.2, 0) is 48.5 Å². The van der Waals surface area contributed by atoms with E-state index in [9.17, 15) is 14.4 Å². The van der Waals surface area contributed by atoms with Crippen molar-refractivity contribution in [3.05, 3.63) is 70.8 Å². The Morgan fingerprint density at radius 2 is 1.66 bits per heavy atom. The molecule has 186 valence electrons. The summed E-state index contributed by atoms with van der Waals surface area (Å²) in [5.41, 5.74) is 4.72. The molecule has 1 aromatic carbocycles. The number of aryl methyl sites for hydroxylation is 3. The van der Waals surface area contributed by atoms with Crippen molar-refractivity contribution in [2.24, 2.45) is 7.05 Å². The largest absolute Gasteiger partial charge is 0.462 e. The second-order valence-electron chi connectivity index (χ2n) is 8.81. The number of fused-ring (bicyclic) bond motifs is 1. The molecular weight excluding hydrogens is 448 g/mol. The lowest BCUT2D eigenvalue weighted by Crippen LogP contribution is -2.36. The Morgan fingerprint density at radius 3 is 2.26 bits per heavy atom. The van der Waals surface area contributed by atoms with Crippen molar-refractivity contribution >= 4 is 24.0 Å². The van der Waals surface area contributed by atoms with Gasteiger partial charge in [-0.3, -0.25) is 9.59 Å². The number of rotatable bonds is 5. The molecule has 0 saturated heterocycles. The molecule has 0 fully saturated rings. The van der Waals surface area contributed by atoms with E-state index in [4.69, 9.17) is 14.2 Å². The maximum absolute atomic E-state index is 12.7. The minimum Gasteiger partial charge on any atom is -0.462 e. The highest BCUT2D eigenvalue weighted by Crippen LogP contribution is 2.27. The van der Waals surface area contributed by atoms with Crippen molar-refractivity contribution in [1.82, 2.24) is 9.55 Å². The van der Waals surface area contributed by atoms with E-state index in [0.29, 0.717) is 25.0 Å². The monoisotopic (exact) mass is 480 g/mol. The van der Waals surface area contributed by atoms with Gasteiger partial charge in [0.15, 0.2) is 6.10 Å². The molecule has 3 unspecified atom stereocenters. The molecule has 3 atom stereocenters. The lowest BCUT2D eigenvalue weighted by molar-refractivity contribution is -0.159. The van der Waals surface area contributed by atoms with E-state index in [0.717, 1.165) is 22.3 Å². The molecule has 1 aliphatic rings. The van der Waals surface area contributed by atoms with Gasteiger partial charge in [-0.15, -0.1) is 0 Å². The highest BCUT2D eigenvalue weighted by Gasteiger charge is 2.29. The summed E-state index contributed by atoms with van der Waals surface area (Å²) in [6.45, 7) is 6.70. The van der Waals surface area contributed by atoms with Gasteiger partial charge in [-0.2, -0.15) is 0 Å². The fraction of sp³-hybridized carbons (Fsp3) is 0.407. The van der Waals surface area contributed by atoms with Crippen LogP contribution in [0.3, 0.4) is 0 Å². The molecule has 0 aliphatic heterocycles. The van der Waals surface area contributed by atoms with E-state index >= 15 is 0 Å². The van der Waals surface area contributed by atoms with Crippen LogP contribution in [0, 0.1) is 13.8 Å². The van der Waals surface area contributed by atoms with Crippen LogP contribution < -0.4 is 0 Å². The number of aromatic nitrogens is 2. The number of benzene rings is 1. The molecule has 1 aliphatic carbocycles. The van der Waals surface area contributed by atoms with Crippen LogP contribution in [0.1, 0.15) is 48.2 Å². The number of carbonyl (C=O) groups is 3. The van der Waals surface area contributed by atoms with Crippen molar-refractivity contribution in [2.45, 2.75) is 65.3 Å². The van der Waals surface area contributed by atoms with Gasteiger partial charge >= 0.3 is 17.9 Å². The predicted molar refractivity (Wildman–Crippen MR) is 130 cm³/mol. The van der Waals surface area contributed by atoms with Gasteiger partial charge < -0.3 is 18.8 Å².